The molecule has 0 heterocycles. The molecule has 0 aliphatic carbocycles. The van der Waals surface area contributed by atoms with E-state index in [1.165, 1.54) is 6.07 Å². The Bertz CT molecular complexity index is 597. The molecule has 0 atom stereocenters. The van der Waals surface area contributed by atoms with E-state index in [9.17, 15) is 4.39 Å². The van der Waals surface area contributed by atoms with Crippen LogP contribution in [-0.2, 0) is 12.5 Å². The largest absolute Gasteiger partial charge is 0.490 e. The van der Waals surface area contributed by atoms with Crippen molar-refractivity contribution in [2.45, 2.75) is 19.4 Å². The lowest BCUT2D eigenvalue weighted by molar-refractivity contribution is 0.264. The Labute approximate surface area is 133 Å². The third-order valence-corrected chi connectivity index (χ3v) is 3.57. The summed E-state index contributed by atoms with van der Waals surface area (Å²) >= 11 is 11.9. The van der Waals surface area contributed by atoms with Gasteiger partial charge in [0.2, 0.25) is 0 Å². The van der Waals surface area contributed by atoms with Gasteiger partial charge in [0.1, 0.15) is 12.4 Å². The molecule has 0 bridgehead atoms. The monoisotopic (exact) mass is 328 g/mol. The van der Waals surface area contributed by atoms with Crippen LogP contribution >= 0.6 is 23.2 Å². The predicted molar refractivity (Wildman–Crippen MR) is 82.9 cm³/mol. The zero-order valence-corrected chi connectivity index (χ0v) is 13.0. The van der Waals surface area contributed by atoms with E-state index in [0.717, 1.165) is 5.56 Å². The lowest BCUT2D eigenvalue weighted by Gasteiger charge is -2.15. The number of alkyl halides is 1. The molecule has 0 N–H and O–H groups in total. The van der Waals surface area contributed by atoms with Crippen molar-refractivity contribution in [1.82, 2.24) is 0 Å². The fourth-order valence-corrected chi connectivity index (χ4v) is 2.34. The van der Waals surface area contributed by atoms with Crippen molar-refractivity contribution < 1.29 is 13.9 Å². The van der Waals surface area contributed by atoms with E-state index in [1.807, 2.05) is 19.1 Å². The second kappa shape index (κ2) is 7.53. The minimum absolute atomic E-state index is 0.0134. The molecule has 0 spiro atoms. The van der Waals surface area contributed by atoms with Crippen molar-refractivity contribution in [3.8, 4) is 11.5 Å². The molecule has 112 valence electrons. The van der Waals surface area contributed by atoms with E-state index in [2.05, 4.69) is 0 Å². The maximum atomic E-state index is 13.8. The number of halogens is 3. The average Bonchev–Trinajstić information content (AvgIpc) is 2.48. The summed E-state index contributed by atoms with van der Waals surface area (Å²) in [6, 6.07) is 10.00. The number of rotatable bonds is 6. The Morgan fingerprint density at radius 2 is 1.86 bits per heavy atom. The minimum atomic E-state index is -0.399. The van der Waals surface area contributed by atoms with Crippen molar-refractivity contribution in [1.29, 1.82) is 0 Å². The second-order valence-corrected chi connectivity index (χ2v) is 4.97. The fourth-order valence-electron chi connectivity index (χ4n) is 1.91. The smallest absolute Gasteiger partial charge is 0.166 e. The van der Waals surface area contributed by atoms with Crippen LogP contribution in [0.15, 0.2) is 36.4 Å². The van der Waals surface area contributed by atoms with E-state index < -0.39 is 5.82 Å². The molecule has 0 aliphatic heterocycles. The number of hydrogen-bond acceptors (Lipinski definition) is 2. The zero-order chi connectivity index (χ0) is 15.2. The van der Waals surface area contributed by atoms with Gasteiger partial charge in [-0.05, 0) is 25.1 Å². The molecule has 0 amide bonds. The number of benzene rings is 2. The highest BCUT2D eigenvalue weighted by Gasteiger charge is 2.13. The quantitative estimate of drug-likeness (QED) is 0.679. The molecule has 0 aromatic heterocycles. The van der Waals surface area contributed by atoms with Crippen LogP contribution in [0, 0.1) is 5.82 Å². The summed E-state index contributed by atoms with van der Waals surface area (Å²) in [6.07, 6.45) is 0. The first kappa shape index (κ1) is 15.9. The molecular weight excluding hydrogens is 314 g/mol. The first-order chi connectivity index (χ1) is 10.2. The van der Waals surface area contributed by atoms with Crippen LogP contribution in [0.25, 0.3) is 0 Å². The molecule has 0 unspecified atom stereocenters. The normalized spacial score (nSPS) is 10.5. The Balaban J connectivity index is 2.27. The molecule has 2 aromatic carbocycles. The fraction of sp³-hybridized carbons (Fsp3) is 0.250. The van der Waals surface area contributed by atoms with E-state index >= 15 is 0 Å². The number of ether oxygens (including phenoxy) is 2. The molecule has 0 saturated carbocycles. The second-order valence-electron chi connectivity index (χ2n) is 4.30. The highest BCUT2D eigenvalue weighted by molar-refractivity contribution is 6.31. The maximum Gasteiger partial charge on any atom is 0.166 e. The molecule has 0 fully saturated rings. The van der Waals surface area contributed by atoms with Gasteiger partial charge in [-0.2, -0.15) is 0 Å². The van der Waals surface area contributed by atoms with Crippen LogP contribution in [0.1, 0.15) is 18.1 Å². The van der Waals surface area contributed by atoms with Crippen molar-refractivity contribution in [2.75, 3.05) is 6.61 Å². The molecule has 0 radical (unpaired) electrons. The van der Waals surface area contributed by atoms with Gasteiger partial charge in [0.05, 0.1) is 17.5 Å². The molecule has 21 heavy (non-hydrogen) atoms. The lowest BCUT2D eigenvalue weighted by Crippen LogP contribution is -2.04. The maximum absolute atomic E-state index is 13.8. The molecule has 2 aromatic rings. The lowest BCUT2D eigenvalue weighted by atomic mass is 10.2. The molecule has 5 heteroatoms. The van der Waals surface area contributed by atoms with Crippen LogP contribution in [-0.4, -0.2) is 6.61 Å². The average molecular weight is 329 g/mol. The van der Waals surface area contributed by atoms with Crippen molar-refractivity contribution in [2.24, 2.45) is 0 Å². The summed E-state index contributed by atoms with van der Waals surface area (Å²) in [5.74, 6) is 0.988. The van der Waals surface area contributed by atoms with E-state index in [1.54, 1.807) is 18.2 Å². The van der Waals surface area contributed by atoms with E-state index in [4.69, 9.17) is 32.7 Å². The number of hydrogen-bond donors (Lipinski definition) is 0. The first-order valence-corrected chi connectivity index (χ1v) is 7.45. The van der Waals surface area contributed by atoms with Crippen LogP contribution in [0.4, 0.5) is 4.39 Å². The van der Waals surface area contributed by atoms with E-state index in [-0.39, 0.29) is 12.5 Å². The van der Waals surface area contributed by atoms with Gasteiger partial charge >= 0.3 is 0 Å². The highest BCUT2D eigenvalue weighted by atomic mass is 35.5. The molecule has 0 aliphatic rings. The van der Waals surface area contributed by atoms with Crippen LogP contribution < -0.4 is 9.47 Å². The van der Waals surface area contributed by atoms with Crippen LogP contribution in [0.3, 0.4) is 0 Å². The molecular formula is C16H15Cl2FO2. The Kier molecular flexibility index (Phi) is 5.71. The first-order valence-electron chi connectivity index (χ1n) is 6.53. The topological polar surface area (TPSA) is 18.5 Å². The minimum Gasteiger partial charge on any atom is -0.490 e. The molecule has 0 saturated heterocycles. The Morgan fingerprint density at radius 1 is 1.10 bits per heavy atom. The highest BCUT2D eigenvalue weighted by Crippen LogP contribution is 2.33. The third-order valence-electron chi connectivity index (χ3n) is 2.93. The summed E-state index contributed by atoms with van der Waals surface area (Å²) in [6.45, 7) is 2.40. The summed E-state index contributed by atoms with van der Waals surface area (Å²) in [7, 11) is 0. The van der Waals surface area contributed by atoms with Gasteiger partial charge in [-0.25, -0.2) is 4.39 Å². The Morgan fingerprint density at radius 3 is 2.52 bits per heavy atom. The molecule has 2 rings (SSSR count). The van der Waals surface area contributed by atoms with Gasteiger partial charge in [-0.3, -0.25) is 0 Å². The van der Waals surface area contributed by atoms with E-state index in [0.29, 0.717) is 28.7 Å². The standard InChI is InChI=1S/C16H15Cl2FO2/c1-2-20-15-8-3-5-11(9-17)16(15)21-10-12-13(18)6-4-7-14(12)19/h3-8H,2,9-10H2,1H3. The summed E-state index contributed by atoms with van der Waals surface area (Å²) in [4.78, 5) is 0. The van der Waals surface area contributed by atoms with Gasteiger partial charge in [0.15, 0.2) is 11.5 Å². The summed E-state index contributed by atoms with van der Waals surface area (Å²) in [5, 5.41) is 0.330. The molecule has 2 nitrogen and oxygen atoms in total. The van der Waals surface area contributed by atoms with Crippen LogP contribution in [0.5, 0.6) is 11.5 Å². The van der Waals surface area contributed by atoms with Crippen molar-refractivity contribution in [3.63, 3.8) is 0 Å². The van der Waals surface area contributed by atoms with Gasteiger partial charge < -0.3 is 9.47 Å². The van der Waals surface area contributed by atoms with Crippen molar-refractivity contribution in [3.05, 3.63) is 58.4 Å². The van der Waals surface area contributed by atoms with Gasteiger partial charge in [0, 0.05) is 11.1 Å². The van der Waals surface area contributed by atoms with Gasteiger partial charge in [-0.15, -0.1) is 11.6 Å². The van der Waals surface area contributed by atoms with Crippen molar-refractivity contribution >= 4 is 23.2 Å². The van der Waals surface area contributed by atoms with Gasteiger partial charge in [0.25, 0.3) is 0 Å². The summed E-state index contributed by atoms with van der Waals surface area (Å²) in [5.41, 5.74) is 1.10. The number of para-hydroxylation sites is 1. The van der Waals surface area contributed by atoms with Gasteiger partial charge in [-0.1, -0.05) is 29.8 Å². The Hall–Kier alpha value is -1.45. The third kappa shape index (κ3) is 3.80. The van der Waals surface area contributed by atoms with Crippen LogP contribution in [0.2, 0.25) is 5.02 Å². The summed E-state index contributed by atoms with van der Waals surface area (Å²) < 4.78 is 25.0. The SMILES string of the molecule is CCOc1cccc(CCl)c1OCc1c(F)cccc1Cl. The zero-order valence-electron chi connectivity index (χ0n) is 11.5. The predicted octanol–water partition coefficient (Wildman–Crippen LogP) is 5.20.